The highest BCUT2D eigenvalue weighted by Gasteiger charge is 2.11. The molecule has 6 heteroatoms. The van der Waals surface area contributed by atoms with E-state index in [1.165, 1.54) is 24.5 Å². The minimum absolute atomic E-state index is 0.271. The average Bonchev–Trinajstić information content (AvgIpc) is 3.19. The van der Waals surface area contributed by atoms with Crippen LogP contribution in [0.25, 0.3) is 0 Å². The molecule has 0 unspecified atom stereocenters. The maximum atomic E-state index is 12.9. The number of hydrogen-bond acceptors (Lipinski definition) is 3. The first kappa shape index (κ1) is 17.4. The van der Waals surface area contributed by atoms with Crippen molar-refractivity contribution < 1.29 is 18.4 Å². The molecule has 3 rings (SSSR count). The molecule has 0 bridgehead atoms. The van der Waals surface area contributed by atoms with E-state index in [1.807, 2.05) is 0 Å². The minimum Gasteiger partial charge on any atom is -0.467 e. The third kappa shape index (κ3) is 4.57. The lowest BCUT2D eigenvalue weighted by Crippen LogP contribution is -2.25. The lowest BCUT2D eigenvalue weighted by atomic mass is 10.1. The molecule has 2 amide bonds. The Labute approximate surface area is 149 Å². The fourth-order valence-electron chi connectivity index (χ4n) is 2.37. The zero-order valence-electron chi connectivity index (χ0n) is 13.9. The van der Waals surface area contributed by atoms with Gasteiger partial charge in [0.25, 0.3) is 11.8 Å². The molecule has 1 heterocycles. The van der Waals surface area contributed by atoms with Crippen molar-refractivity contribution in [2.24, 2.45) is 0 Å². The largest absolute Gasteiger partial charge is 0.467 e. The van der Waals surface area contributed by atoms with Crippen molar-refractivity contribution in [3.05, 3.63) is 95.2 Å². The molecule has 3 aromatic rings. The van der Waals surface area contributed by atoms with E-state index in [9.17, 15) is 14.0 Å². The number of amides is 2. The number of nitrogens with one attached hydrogen (secondary N) is 2. The second-order valence-electron chi connectivity index (χ2n) is 5.65. The van der Waals surface area contributed by atoms with Gasteiger partial charge in [0.15, 0.2) is 0 Å². The molecule has 0 fully saturated rings. The summed E-state index contributed by atoms with van der Waals surface area (Å²) >= 11 is 0. The monoisotopic (exact) mass is 352 g/mol. The normalized spacial score (nSPS) is 10.3. The Morgan fingerprint density at radius 3 is 2.12 bits per heavy atom. The van der Waals surface area contributed by atoms with E-state index in [1.54, 1.807) is 42.5 Å². The summed E-state index contributed by atoms with van der Waals surface area (Å²) < 4.78 is 18.1. The lowest BCUT2D eigenvalue weighted by molar-refractivity contribution is 0.0948. The van der Waals surface area contributed by atoms with Crippen LogP contribution in [0.15, 0.2) is 71.3 Å². The van der Waals surface area contributed by atoms with Crippen molar-refractivity contribution in [3.8, 4) is 0 Å². The lowest BCUT2D eigenvalue weighted by Gasteiger charge is -2.08. The molecule has 0 atom stereocenters. The number of halogens is 1. The number of carbonyl (C=O) groups excluding carboxylic acids is 2. The summed E-state index contributed by atoms with van der Waals surface area (Å²) in [5, 5.41) is 5.48. The van der Waals surface area contributed by atoms with E-state index < -0.39 is 0 Å². The smallest absolute Gasteiger partial charge is 0.251 e. The molecule has 2 aromatic carbocycles. The van der Waals surface area contributed by atoms with Gasteiger partial charge in [0.1, 0.15) is 11.6 Å². The van der Waals surface area contributed by atoms with Gasteiger partial charge in [-0.3, -0.25) is 9.59 Å². The van der Waals surface area contributed by atoms with E-state index in [2.05, 4.69) is 10.6 Å². The summed E-state index contributed by atoms with van der Waals surface area (Å²) in [4.78, 5) is 24.5. The average molecular weight is 352 g/mol. The van der Waals surface area contributed by atoms with Crippen molar-refractivity contribution >= 4 is 11.8 Å². The summed E-state index contributed by atoms with van der Waals surface area (Å²) in [5.74, 6) is -0.288. The fourth-order valence-corrected chi connectivity index (χ4v) is 2.37. The first-order chi connectivity index (χ1) is 12.6. The summed E-state index contributed by atoms with van der Waals surface area (Å²) in [6, 6.07) is 15.8. The number of carbonyl (C=O) groups is 2. The second kappa shape index (κ2) is 8.11. The Hall–Kier alpha value is -3.41. The predicted molar refractivity (Wildman–Crippen MR) is 93.9 cm³/mol. The van der Waals surface area contributed by atoms with Gasteiger partial charge in [0.05, 0.1) is 12.8 Å². The van der Waals surface area contributed by atoms with Gasteiger partial charge in [-0.15, -0.1) is 0 Å². The topological polar surface area (TPSA) is 71.3 Å². The van der Waals surface area contributed by atoms with Gasteiger partial charge >= 0.3 is 0 Å². The third-order valence-corrected chi connectivity index (χ3v) is 3.76. The molecular weight excluding hydrogens is 335 g/mol. The molecule has 0 spiro atoms. The van der Waals surface area contributed by atoms with E-state index in [0.717, 1.165) is 5.56 Å². The molecule has 0 radical (unpaired) electrons. The van der Waals surface area contributed by atoms with E-state index >= 15 is 0 Å². The van der Waals surface area contributed by atoms with Gasteiger partial charge in [0, 0.05) is 17.7 Å². The SMILES string of the molecule is O=C(NCc1ccc(F)cc1)c1cccc(C(=O)NCc2ccco2)c1. The van der Waals surface area contributed by atoms with Gasteiger partial charge in [-0.1, -0.05) is 18.2 Å². The number of hydrogen-bond donors (Lipinski definition) is 2. The van der Waals surface area contributed by atoms with Gasteiger partial charge in [0.2, 0.25) is 0 Å². The van der Waals surface area contributed by atoms with Crippen LogP contribution < -0.4 is 10.6 Å². The maximum absolute atomic E-state index is 12.9. The summed E-state index contributed by atoms with van der Waals surface area (Å²) in [5.41, 5.74) is 1.54. The highest BCUT2D eigenvalue weighted by molar-refractivity contribution is 5.99. The van der Waals surface area contributed by atoms with Crippen LogP contribution >= 0.6 is 0 Å². The summed E-state index contributed by atoms with van der Waals surface area (Å²) in [7, 11) is 0. The molecule has 0 aliphatic carbocycles. The Bertz CT molecular complexity index is 890. The zero-order valence-corrected chi connectivity index (χ0v) is 13.9. The Morgan fingerprint density at radius 2 is 1.50 bits per heavy atom. The van der Waals surface area contributed by atoms with Gasteiger partial charge < -0.3 is 15.1 Å². The van der Waals surface area contributed by atoms with Crippen LogP contribution in [-0.4, -0.2) is 11.8 Å². The quantitative estimate of drug-likeness (QED) is 0.715. The number of benzene rings is 2. The molecule has 0 saturated heterocycles. The highest BCUT2D eigenvalue weighted by atomic mass is 19.1. The zero-order chi connectivity index (χ0) is 18.4. The van der Waals surface area contributed by atoms with Crippen LogP contribution in [0, 0.1) is 5.82 Å². The van der Waals surface area contributed by atoms with Crippen LogP contribution in [0.5, 0.6) is 0 Å². The van der Waals surface area contributed by atoms with Crippen molar-refractivity contribution in [3.63, 3.8) is 0 Å². The predicted octanol–water partition coefficient (Wildman–Crippen LogP) is 3.28. The molecular formula is C20H17FN2O3. The van der Waals surface area contributed by atoms with Crippen molar-refractivity contribution in [1.82, 2.24) is 10.6 Å². The summed E-state index contributed by atoms with van der Waals surface area (Å²) in [6.45, 7) is 0.543. The number of furan rings is 1. The summed E-state index contributed by atoms with van der Waals surface area (Å²) in [6.07, 6.45) is 1.54. The van der Waals surface area contributed by atoms with Crippen LogP contribution in [0.1, 0.15) is 32.0 Å². The number of rotatable bonds is 6. The van der Waals surface area contributed by atoms with Gasteiger partial charge in [-0.2, -0.15) is 0 Å². The Balaban J connectivity index is 1.59. The van der Waals surface area contributed by atoms with Crippen LogP contribution in [0.3, 0.4) is 0 Å². The van der Waals surface area contributed by atoms with Crippen LogP contribution in [-0.2, 0) is 13.1 Å². The first-order valence-electron chi connectivity index (χ1n) is 8.05. The van der Waals surface area contributed by atoms with E-state index in [4.69, 9.17) is 4.42 Å². The fraction of sp³-hybridized carbons (Fsp3) is 0.100. The second-order valence-corrected chi connectivity index (χ2v) is 5.65. The van der Waals surface area contributed by atoms with Gasteiger partial charge in [-0.05, 0) is 48.0 Å². The highest BCUT2D eigenvalue weighted by Crippen LogP contribution is 2.08. The minimum atomic E-state index is -0.326. The third-order valence-electron chi connectivity index (χ3n) is 3.76. The molecule has 26 heavy (non-hydrogen) atoms. The molecule has 0 aliphatic heterocycles. The molecule has 0 saturated carbocycles. The standard InChI is InChI=1S/C20H17FN2O3/c21-17-8-6-14(7-9-17)12-22-19(24)15-3-1-4-16(11-15)20(25)23-13-18-5-2-10-26-18/h1-11H,12-13H2,(H,22,24)(H,23,25). The van der Waals surface area contributed by atoms with Crippen molar-refractivity contribution in [1.29, 1.82) is 0 Å². The Kier molecular flexibility index (Phi) is 5.43. The Morgan fingerprint density at radius 1 is 0.846 bits per heavy atom. The first-order valence-corrected chi connectivity index (χ1v) is 8.05. The molecule has 0 aliphatic rings. The molecule has 2 N–H and O–H groups in total. The molecule has 132 valence electrons. The maximum Gasteiger partial charge on any atom is 0.251 e. The molecule has 1 aromatic heterocycles. The van der Waals surface area contributed by atoms with Crippen molar-refractivity contribution in [2.45, 2.75) is 13.1 Å². The molecule has 5 nitrogen and oxygen atoms in total. The van der Waals surface area contributed by atoms with E-state index in [-0.39, 0.29) is 30.7 Å². The van der Waals surface area contributed by atoms with Crippen LogP contribution in [0.4, 0.5) is 4.39 Å². The van der Waals surface area contributed by atoms with Crippen molar-refractivity contribution in [2.75, 3.05) is 0 Å². The van der Waals surface area contributed by atoms with Gasteiger partial charge in [-0.25, -0.2) is 4.39 Å². The van der Waals surface area contributed by atoms with Crippen LogP contribution in [0.2, 0.25) is 0 Å². The van der Waals surface area contributed by atoms with E-state index in [0.29, 0.717) is 16.9 Å².